The highest BCUT2D eigenvalue weighted by atomic mass is 35.5. The van der Waals surface area contributed by atoms with E-state index in [0.717, 1.165) is 15.7 Å². The molecule has 0 bridgehead atoms. The zero-order valence-electron chi connectivity index (χ0n) is 26.1. The van der Waals surface area contributed by atoms with Crippen molar-refractivity contribution in [1.82, 2.24) is 9.55 Å². The lowest BCUT2D eigenvalue weighted by molar-refractivity contribution is 0.0598. The Hall–Kier alpha value is -4.05. The Morgan fingerprint density at radius 1 is 0.822 bits per heavy atom. The van der Waals surface area contributed by atoms with Crippen molar-refractivity contribution in [3.63, 3.8) is 0 Å². The van der Waals surface area contributed by atoms with E-state index in [1.807, 2.05) is 76.2 Å². The molecule has 0 radical (unpaired) electrons. The van der Waals surface area contributed by atoms with Gasteiger partial charge < -0.3 is 24.2 Å². The fourth-order valence-electron chi connectivity index (χ4n) is 4.17. The van der Waals surface area contributed by atoms with Crippen molar-refractivity contribution in [1.29, 1.82) is 0 Å². The van der Waals surface area contributed by atoms with Gasteiger partial charge in [-0.25, -0.2) is 9.78 Å². The van der Waals surface area contributed by atoms with Crippen LogP contribution in [-0.4, -0.2) is 42.0 Å². The van der Waals surface area contributed by atoms with E-state index in [1.165, 1.54) is 25.6 Å². The lowest BCUT2D eigenvalue weighted by Gasteiger charge is -2.26. The number of aliphatic hydroxyl groups excluding tert-OH is 1. The molecule has 9 nitrogen and oxygen atoms in total. The van der Waals surface area contributed by atoms with Crippen LogP contribution in [0.3, 0.4) is 0 Å². The van der Waals surface area contributed by atoms with Gasteiger partial charge in [-0.2, -0.15) is 0 Å². The molecule has 0 fully saturated rings. The second-order valence-electron chi connectivity index (χ2n) is 8.73. The summed E-state index contributed by atoms with van der Waals surface area (Å²) in [5.74, 6) is 0.652. The number of carbonyl (C=O) groups excluding carboxylic acids is 1. The lowest BCUT2D eigenvalue weighted by atomic mass is 10.1. The summed E-state index contributed by atoms with van der Waals surface area (Å²) in [5, 5.41) is 9.69. The lowest BCUT2D eigenvalue weighted by Crippen LogP contribution is -2.33. The van der Waals surface area contributed by atoms with Crippen molar-refractivity contribution in [2.24, 2.45) is 0 Å². The number of anilines is 1. The maximum absolute atomic E-state index is 13.8. The van der Waals surface area contributed by atoms with E-state index in [2.05, 4.69) is 4.98 Å². The molecule has 1 aromatic heterocycles. The summed E-state index contributed by atoms with van der Waals surface area (Å²) in [6, 6.07) is 17.8. The van der Waals surface area contributed by atoms with Crippen LogP contribution >= 0.6 is 23.2 Å². The van der Waals surface area contributed by atoms with Crippen molar-refractivity contribution in [2.45, 2.75) is 54.8 Å². The van der Waals surface area contributed by atoms with Crippen molar-refractivity contribution in [3.8, 4) is 17.2 Å². The van der Waals surface area contributed by atoms with Crippen LogP contribution in [0.2, 0.25) is 10.0 Å². The molecule has 45 heavy (non-hydrogen) atoms. The fraction of sp³-hybridized carbons (Fsp3) is 0.324. The Morgan fingerprint density at radius 3 is 1.64 bits per heavy atom. The minimum Gasteiger partial charge on any atom is -0.497 e. The van der Waals surface area contributed by atoms with Gasteiger partial charge in [-0.05, 0) is 53.1 Å². The second kappa shape index (κ2) is 19.4. The number of halogens is 2. The summed E-state index contributed by atoms with van der Waals surface area (Å²) < 4.78 is 16.6. The topological polar surface area (TPSA) is 103 Å². The van der Waals surface area contributed by atoms with E-state index in [9.17, 15) is 14.7 Å². The van der Waals surface area contributed by atoms with E-state index < -0.39 is 11.5 Å². The number of methoxy groups -OCH3 is 3. The molecule has 0 amide bonds. The van der Waals surface area contributed by atoms with Crippen LogP contribution in [0.5, 0.6) is 11.5 Å². The van der Waals surface area contributed by atoms with E-state index in [1.54, 1.807) is 19.1 Å². The molecule has 0 spiro atoms. The summed E-state index contributed by atoms with van der Waals surface area (Å²) in [6.45, 7) is 8.33. The second-order valence-corrected chi connectivity index (χ2v) is 9.54. The third-order valence-corrected chi connectivity index (χ3v) is 6.78. The molecule has 11 heteroatoms. The minimum atomic E-state index is -0.865. The van der Waals surface area contributed by atoms with Crippen LogP contribution < -0.4 is 19.9 Å². The standard InChI is InChI=1S/C29H27Cl2N3O6.2C2H6.CH4/c1-38-21-8-4-18(5-9-21)14-33(15-19-6-10-22(39-2)11-7-19)27-25(29(37)40-3)28(36)34(17-32-27)26-23(30)12-20(16-35)13-24(26)31;2*1-2;/h4-13,17,35H,14-16H2,1-3H3;2*1-2H3;1H4. The number of aliphatic hydroxyl groups is 1. The molecule has 0 unspecified atom stereocenters. The van der Waals surface area contributed by atoms with Gasteiger partial charge in [0.15, 0.2) is 11.4 Å². The maximum atomic E-state index is 13.8. The van der Waals surface area contributed by atoms with Gasteiger partial charge in [-0.1, -0.05) is 82.6 Å². The van der Waals surface area contributed by atoms with Crippen LogP contribution in [0.4, 0.5) is 5.82 Å². The largest absolute Gasteiger partial charge is 0.497 e. The predicted octanol–water partition coefficient (Wildman–Crippen LogP) is 7.73. The van der Waals surface area contributed by atoms with E-state index in [4.69, 9.17) is 37.4 Å². The number of ether oxygens (including phenoxy) is 3. The zero-order chi connectivity index (χ0) is 32.8. The van der Waals surface area contributed by atoms with E-state index in [-0.39, 0.29) is 41.1 Å². The number of nitrogens with zero attached hydrogens (tertiary/aromatic N) is 3. The predicted molar refractivity (Wildman–Crippen MR) is 182 cm³/mol. The molecule has 0 aliphatic rings. The molecule has 1 heterocycles. The third kappa shape index (κ3) is 9.72. The summed E-state index contributed by atoms with van der Waals surface area (Å²) in [4.78, 5) is 33.2. The normalized spacial score (nSPS) is 9.82. The molecule has 244 valence electrons. The Labute approximate surface area is 275 Å². The van der Waals surface area contributed by atoms with Gasteiger partial charge in [-0.15, -0.1) is 0 Å². The van der Waals surface area contributed by atoms with Crippen LogP contribution in [0.15, 0.2) is 71.8 Å². The first-order valence-corrected chi connectivity index (χ1v) is 14.8. The first-order chi connectivity index (χ1) is 21.3. The summed E-state index contributed by atoms with van der Waals surface area (Å²) in [5.41, 5.74) is 1.38. The van der Waals surface area contributed by atoms with Gasteiger partial charge in [0.1, 0.15) is 17.8 Å². The number of benzene rings is 3. The van der Waals surface area contributed by atoms with Crippen molar-refractivity contribution in [3.05, 3.63) is 110 Å². The number of rotatable bonds is 10. The van der Waals surface area contributed by atoms with Crippen LogP contribution in [0.25, 0.3) is 5.69 Å². The number of esters is 1. The molecule has 0 atom stereocenters. The molecule has 3 aromatic carbocycles. The van der Waals surface area contributed by atoms with Gasteiger partial charge in [0.25, 0.3) is 5.56 Å². The number of hydrogen-bond acceptors (Lipinski definition) is 8. The summed E-state index contributed by atoms with van der Waals surface area (Å²) >= 11 is 12.8. The number of carbonyl (C=O) groups is 1. The molecule has 0 aliphatic carbocycles. The zero-order valence-corrected chi connectivity index (χ0v) is 27.6. The molecule has 4 rings (SSSR count). The maximum Gasteiger partial charge on any atom is 0.347 e. The van der Waals surface area contributed by atoms with E-state index in [0.29, 0.717) is 30.2 Å². The first kappa shape index (κ1) is 39.0. The highest BCUT2D eigenvalue weighted by Crippen LogP contribution is 2.31. The molecular formula is C34H43Cl2N3O6. The van der Waals surface area contributed by atoms with Crippen LogP contribution in [0.1, 0.15) is 62.2 Å². The Bertz CT molecular complexity index is 1490. The molecular weight excluding hydrogens is 617 g/mol. The molecule has 1 N–H and O–H groups in total. The molecule has 4 aromatic rings. The Morgan fingerprint density at radius 2 is 1.27 bits per heavy atom. The summed E-state index contributed by atoms with van der Waals surface area (Å²) in [6.07, 6.45) is 1.27. The Kier molecular flexibility index (Phi) is 16.8. The minimum absolute atomic E-state index is 0. The number of aromatic nitrogens is 2. The number of hydrogen-bond donors (Lipinski definition) is 1. The monoisotopic (exact) mass is 659 g/mol. The van der Waals surface area contributed by atoms with Crippen molar-refractivity contribution >= 4 is 35.0 Å². The van der Waals surface area contributed by atoms with Gasteiger partial charge in [0, 0.05) is 13.1 Å². The highest BCUT2D eigenvalue weighted by Gasteiger charge is 2.26. The quantitative estimate of drug-likeness (QED) is 0.173. The van der Waals surface area contributed by atoms with Crippen molar-refractivity contribution < 1.29 is 24.1 Å². The van der Waals surface area contributed by atoms with Crippen molar-refractivity contribution in [2.75, 3.05) is 26.2 Å². The van der Waals surface area contributed by atoms with Crippen LogP contribution in [-0.2, 0) is 24.4 Å². The fourth-order valence-corrected chi connectivity index (χ4v) is 4.89. The SMILES string of the molecule is C.CC.CC.COC(=O)c1c(N(Cc2ccc(OC)cc2)Cc2ccc(OC)cc2)ncn(-c2c(Cl)cc(CO)cc2Cl)c1=O. The van der Waals surface area contributed by atoms with E-state index >= 15 is 0 Å². The highest BCUT2D eigenvalue weighted by molar-refractivity contribution is 6.37. The molecule has 0 aliphatic heterocycles. The van der Waals surface area contributed by atoms with Gasteiger partial charge in [-0.3, -0.25) is 9.36 Å². The third-order valence-electron chi connectivity index (χ3n) is 6.21. The van der Waals surface area contributed by atoms with Gasteiger partial charge >= 0.3 is 5.97 Å². The first-order valence-electron chi connectivity index (χ1n) is 14.1. The van der Waals surface area contributed by atoms with Crippen LogP contribution in [0, 0.1) is 0 Å². The average Bonchev–Trinajstić information content (AvgIpc) is 3.06. The molecule has 0 saturated carbocycles. The van der Waals surface area contributed by atoms with Gasteiger partial charge in [0.2, 0.25) is 0 Å². The Balaban J connectivity index is 0.00000195. The smallest absolute Gasteiger partial charge is 0.347 e. The molecule has 0 saturated heterocycles. The van der Waals surface area contributed by atoms with Gasteiger partial charge in [0.05, 0.1) is 43.7 Å². The average molecular weight is 661 g/mol. The summed E-state index contributed by atoms with van der Waals surface area (Å²) in [7, 11) is 4.36.